The summed E-state index contributed by atoms with van der Waals surface area (Å²) in [5, 5.41) is 3.30. The first-order chi connectivity index (χ1) is 8.51. The lowest BCUT2D eigenvalue weighted by atomic mass is 9.86. The van der Waals surface area contributed by atoms with E-state index in [1.165, 1.54) is 25.7 Å². The largest absolute Gasteiger partial charge is 0.317 e. The molecule has 1 aliphatic rings. The summed E-state index contributed by atoms with van der Waals surface area (Å²) in [6, 6.07) is 0.659. The van der Waals surface area contributed by atoms with E-state index in [-0.39, 0.29) is 6.61 Å². The Morgan fingerprint density at radius 1 is 1.28 bits per heavy atom. The van der Waals surface area contributed by atoms with Crippen LogP contribution in [0.15, 0.2) is 0 Å². The Hall–Kier alpha value is -0.570. The fourth-order valence-corrected chi connectivity index (χ4v) is 2.53. The molecule has 0 aromatic rings. The summed E-state index contributed by atoms with van der Waals surface area (Å²) in [4.78, 5) is 0. The van der Waals surface area contributed by atoms with Gasteiger partial charge in [0.25, 0.3) is 10.1 Å². The molecule has 0 bridgehead atoms. The van der Waals surface area contributed by atoms with Gasteiger partial charge in [-0.15, -0.1) is 5.92 Å². The molecule has 5 heteroatoms. The van der Waals surface area contributed by atoms with E-state index >= 15 is 0 Å². The minimum atomic E-state index is -3.30. The van der Waals surface area contributed by atoms with Crippen LogP contribution < -0.4 is 5.32 Å². The van der Waals surface area contributed by atoms with Gasteiger partial charge in [-0.1, -0.05) is 5.92 Å². The molecule has 1 fully saturated rings. The Morgan fingerprint density at radius 2 is 1.94 bits per heavy atom. The molecule has 18 heavy (non-hydrogen) atoms. The lowest BCUT2D eigenvalue weighted by Crippen LogP contribution is -2.29. The molecule has 4 nitrogen and oxygen atoms in total. The van der Waals surface area contributed by atoms with Crippen LogP contribution in [0.5, 0.6) is 0 Å². The summed E-state index contributed by atoms with van der Waals surface area (Å²) in [7, 11) is -1.28. The second-order valence-corrected chi connectivity index (χ2v) is 6.43. The van der Waals surface area contributed by atoms with Crippen molar-refractivity contribution >= 4 is 10.1 Å². The van der Waals surface area contributed by atoms with E-state index in [4.69, 9.17) is 0 Å². The van der Waals surface area contributed by atoms with Gasteiger partial charge in [0.1, 0.15) is 0 Å². The van der Waals surface area contributed by atoms with Crippen molar-refractivity contribution in [2.75, 3.05) is 19.9 Å². The highest BCUT2D eigenvalue weighted by Gasteiger charge is 2.17. The molecule has 0 saturated heterocycles. The zero-order valence-corrected chi connectivity index (χ0v) is 12.1. The van der Waals surface area contributed by atoms with Crippen LogP contribution in [0.3, 0.4) is 0 Å². The lowest BCUT2D eigenvalue weighted by Gasteiger charge is -2.24. The maximum absolute atomic E-state index is 10.7. The van der Waals surface area contributed by atoms with E-state index in [0.29, 0.717) is 24.8 Å². The molecule has 0 aromatic carbocycles. The second kappa shape index (κ2) is 7.78. The van der Waals surface area contributed by atoms with Gasteiger partial charge in [-0.2, -0.15) is 8.42 Å². The minimum Gasteiger partial charge on any atom is -0.317 e. The molecule has 1 saturated carbocycles. The predicted molar refractivity (Wildman–Crippen MR) is 72.6 cm³/mol. The van der Waals surface area contributed by atoms with Crippen molar-refractivity contribution in [2.24, 2.45) is 5.92 Å². The first-order valence-electron chi connectivity index (χ1n) is 6.51. The highest BCUT2D eigenvalue weighted by atomic mass is 32.2. The van der Waals surface area contributed by atoms with Crippen molar-refractivity contribution < 1.29 is 12.6 Å². The Morgan fingerprint density at radius 3 is 2.50 bits per heavy atom. The Bertz CT molecular complexity index is 386. The van der Waals surface area contributed by atoms with Crippen LogP contribution in [-0.4, -0.2) is 34.4 Å². The molecule has 0 radical (unpaired) electrons. The fraction of sp³-hybridized carbons (Fsp3) is 0.846. The number of nitrogens with one attached hydrogen (secondary N) is 1. The molecule has 104 valence electrons. The zero-order chi connectivity index (χ0) is 13.4. The van der Waals surface area contributed by atoms with Gasteiger partial charge in [-0.05, 0) is 39.2 Å². The van der Waals surface area contributed by atoms with Crippen molar-refractivity contribution in [3.05, 3.63) is 0 Å². The van der Waals surface area contributed by atoms with Gasteiger partial charge in [0, 0.05) is 18.4 Å². The SMILES string of the molecule is CNC1CCC(C#CCCCOS(C)(=O)=O)CC1. The highest BCUT2D eigenvalue weighted by molar-refractivity contribution is 7.85. The second-order valence-electron chi connectivity index (χ2n) is 4.79. The fourth-order valence-electron chi connectivity index (χ4n) is 2.11. The molecule has 1 aliphatic carbocycles. The Kier molecular flexibility index (Phi) is 6.69. The first-order valence-corrected chi connectivity index (χ1v) is 8.33. The van der Waals surface area contributed by atoms with Crippen LogP contribution in [0.25, 0.3) is 0 Å². The molecular formula is C13H23NO3S. The summed E-state index contributed by atoms with van der Waals surface area (Å²) in [6.45, 7) is 0.236. The predicted octanol–water partition coefficient (Wildman–Crippen LogP) is 1.52. The zero-order valence-electron chi connectivity index (χ0n) is 11.2. The third-order valence-electron chi connectivity index (χ3n) is 3.19. The quantitative estimate of drug-likeness (QED) is 0.469. The molecule has 0 aromatic heterocycles. The Balaban J connectivity index is 2.11. The third-order valence-corrected chi connectivity index (χ3v) is 3.78. The Labute approximate surface area is 111 Å². The third kappa shape index (κ3) is 7.00. The summed E-state index contributed by atoms with van der Waals surface area (Å²) in [5.74, 6) is 6.93. The standard InChI is InChI=1S/C13H23NO3S/c1-14-13-9-7-12(8-10-13)6-4-3-5-11-17-18(2,15)16/h12-14H,3,5,7-11H2,1-2H3. The van der Waals surface area contributed by atoms with Gasteiger partial charge in [-0.25, -0.2) is 0 Å². The van der Waals surface area contributed by atoms with Gasteiger partial charge in [0.05, 0.1) is 12.9 Å². The van der Waals surface area contributed by atoms with Crippen molar-refractivity contribution in [1.29, 1.82) is 0 Å². The van der Waals surface area contributed by atoms with Crippen molar-refractivity contribution in [3.8, 4) is 11.8 Å². The molecule has 0 amide bonds. The van der Waals surface area contributed by atoms with E-state index in [9.17, 15) is 8.42 Å². The van der Waals surface area contributed by atoms with Crippen molar-refractivity contribution in [1.82, 2.24) is 5.32 Å². The molecule has 0 aliphatic heterocycles. The average molecular weight is 273 g/mol. The van der Waals surface area contributed by atoms with Crippen LogP contribution in [0, 0.1) is 17.8 Å². The van der Waals surface area contributed by atoms with E-state index in [1.807, 2.05) is 7.05 Å². The van der Waals surface area contributed by atoms with E-state index in [2.05, 4.69) is 21.3 Å². The molecular weight excluding hydrogens is 250 g/mol. The van der Waals surface area contributed by atoms with Gasteiger partial charge < -0.3 is 5.32 Å². The van der Waals surface area contributed by atoms with Crippen molar-refractivity contribution in [2.45, 2.75) is 44.6 Å². The summed E-state index contributed by atoms with van der Waals surface area (Å²) in [6.07, 6.45) is 7.18. The summed E-state index contributed by atoms with van der Waals surface area (Å²) >= 11 is 0. The van der Waals surface area contributed by atoms with Crippen LogP contribution in [0.4, 0.5) is 0 Å². The molecule has 1 rings (SSSR count). The van der Waals surface area contributed by atoms with Crippen LogP contribution in [0.2, 0.25) is 0 Å². The van der Waals surface area contributed by atoms with E-state index in [1.54, 1.807) is 0 Å². The van der Waals surface area contributed by atoms with Crippen LogP contribution in [-0.2, 0) is 14.3 Å². The van der Waals surface area contributed by atoms with Crippen LogP contribution >= 0.6 is 0 Å². The highest BCUT2D eigenvalue weighted by Crippen LogP contribution is 2.23. The first kappa shape index (κ1) is 15.5. The monoisotopic (exact) mass is 273 g/mol. The van der Waals surface area contributed by atoms with Crippen molar-refractivity contribution in [3.63, 3.8) is 0 Å². The minimum absolute atomic E-state index is 0.236. The van der Waals surface area contributed by atoms with E-state index < -0.39 is 10.1 Å². The topological polar surface area (TPSA) is 55.4 Å². The number of hydrogen-bond donors (Lipinski definition) is 1. The molecule has 0 heterocycles. The molecule has 0 spiro atoms. The molecule has 0 unspecified atom stereocenters. The van der Waals surface area contributed by atoms with Gasteiger partial charge >= 0.3 is 0 Å². The number of unbranched alkanes of at least 4 members (excludes halogenated alkanes) is 1. The van der Waals surface area contributed by atoms with Gasteiger partial charge in [0.2, 0.25) is 0 Å². The summed E-state index contributed by atoms with van der Waals surface area (Å²) < 4.78 is 26.1. The molecule has 1 N–H and O–H groups in total. The van der Waals surface area contributed by atoms with Crippen LogP contribution in [0.1, 0.15) is 38.5 Å². The van der Waals surface area contributed by atoms with Gasteiger partial charge in [-0.3, -0.25) is 4.18 Å². The summed E-state index contributed by atoms with van der Waals surface area (Å²) in [5.41, 5.74) is 0. The maximum Gasteiger partial charge on any atom is 0.264 e. The molecule has 0 atom stereocenters. The number of rotatable bonds is 5. The van der Waals surface area contributed by atoms with E-state index in [0.717, 1.165) is 6.26 Å². The maximum atomic E-state index is 10.7. The average Bonchev–Trinajstić information content (AvgIpc) is 2.33. The normalized spacial score (nSPS) is 24.3. The van der Waals surface area contributed by atoms with Gasteiger partial charge in [0.15, 0.2) is 0 Å². The smallest absolute Gasteiger partial charge is 0.264 e. The lowest BCUT2D eigenvalue weighted by molar-refractivity contribution is 0.317. The number of hydrogen-bond acceptors (Lipinski definition) is 4.